The first kappa shape index (κ1) is 17.7. The first-order chi connectivity index (χ1) is 10.1. The van der Waals surface area contributed by atoms with Crippen LogP contribution >= 0.6 is 0 Å². The van der Waals surface area contributed by atoms with Crippen molar-refractivity contribution >= 4 is 12.0 Å². The molecule has 0 radical (unpaired) electrons. The van der Waals surface area contributed by atoms with Crippen molar-refractivity contribution < 1.29 is 24.5 Å². The summed E-state index contributed by atoms with van der Waals surface area (Å²) in [5, 5.41) is 17.9. The van der Waals surface area contributed by atoms with Crippen LogP contribution in [0.25, 0.3) is 0 Å². The van der Waals surface area contributed by atoms with Gasteiger partial charge in [-0.15, -0.1) is 0 Å². The van der Waals surface area contributed by atoms with Gasteiger partial charge in [0.05, 0.1) is 13.2 Å². The average molecular weight is 302 g/mol. The fourth-order valence-electron chi connectivity index (χ4n) is 2.65. The molecule has 0 spiro atoms. The normalized spacial score (nSPS) is 18.6. The van der Waals surface area contributed by atoms with Crippen LogP contribution in [0.1, 0.15) is 32.1 Å². The third-order valence-corrected chi connectivity index (χ3v) is 3.77. The van der Waals surface area contributed by atoms with Gasteiger partial charge in [-0.05, 0) is 25.7 Å². The molecule has 1 unspecified atom stereocenters. The highest BCUT2D eigenvalue weighted by molar-refractivity contribution is 5.75. The van der Waals surface area contributed by atoms with E-state index in [1.807, 2.05) is 0 Å². The van der Waals surface area contributed by atoms with Crippen LogP contribution in [0.2, 0.25) is 0 Å². The second-order valence-electron chi connectivity index (χ2n) is 5.26. The molecule has 1 heterocycles. The molecule has 0 aromatic heterocycles. The molecule has 1 rings (SSSR count). The van der Waals surface area contributed by atoms with Crippen molar-refractivity contribution in [1.82, 2.24) is 9.80 Å². The highest BCUT2D eigenvalue weighted by Crippen LogP contribution is 2.22. The maximum atomic E-state index is 12.6. The van der Waals surface area contributed by atoms with E-state index in [2.05, 4.69) is 0 Å². The van der Waals surface area contributed by atoms with Crippen molar-refractivity contribution in [2.45, 2.75) is 38.1 Å². The molecule has 0 aromatic rings. The average Bonchev–Trinajstić information content (AvgIpc) is 2.49. The van der Waals surface area contributed by atoms with Crippen LogP contribution in [0.3, 0.4) is 0 Å². The van der Waals surface area contributed by atoms with E-state index >= 15 is 0 Å². The number of likely N-dealkylation sites (tertiary alicyclic amines) is 1. The van der Waals surface area contributed by atoms with E-state index in [-0.39, 0.29) is 31.6 Å². The summed E-state index contributed by atoms with van der Waals surface area (Å²) in [6.45, 7) is 1.67. The fraction of sp³-hybridized carbons (Fsp3) is 0.857. The summed E-state index contributed by atoms with van der Waals surface area (Å²) >= 11 is 0. The Hall–Kier alpha value is -1.34. The summed E-state index contributed by atoms with van der Waals surface area (Å²) in [7, 11) is 1.57. The SMILES string of the molecule is COCCN(CCO)C(=O)N1CCCCC1CCC(=O)O. The molecule has 1 atom stereocenters. The number of hydrogen-bond donors (Lipinski definition) is 2. The van der Waals surface area contributed by atoms with Crippen LogP contribution in [-0.2, 0) is 9.53 Å². The standard InChI is InChI=1S/C14H26N2O5/c1-21-11-9-15(8-10-17)14(20)16-7-3-2-4-12(16)5-6-13(18)19/h12,17H,2-11H2,1H3,(H,18,19). The maximum Gasteiger partial charge on any atom is 0.320 e. The van der Waals surface area contributed by atoms with Crippen LogP contribution in [-0.4, -0.2) is 78.0 Å². The Morgan fingerprint density at radius 3 is 2.71 bits per heavy atom. The van der Waals surface area contributed by atoms with Gasteiger partial charge < -0.3 is 24.7 Å². The highest BCUT2D eigenvalue weighted by Gasteiger charge is 2.29. The van der Waals surface area contributed by atoms with Gasteiger partial charge >= 0.3 is 12.0 Å². The molecule has 2 N–H and O–H groups in total. The van der Waals surface area contributed by atoms with Crippen LogP contribution < -0.4 is 0 Å². The van der Waals surface area contributed by atoms with Gasteiger partial charge in [-0.2, -0.15) is 0 Å². The molecule has 0 saturated carbocycles. The van der Waals surface area contributed by atoms with Gasteiger partial charge in [-0.3, -0.25) is 4.79 Å². The minimum Gasteiger partial charge on any atom is -0.481 e. The number of rotatable bonds is 8. The number of aliphatic carboxylic acids is 1. The molecule has 0 aliphatic carbocycles. The first-order valence-electron chi connectivity index (χ1n) is 7.47. The van der Waals surface area contributed by atoms with E-state index in [0.717, 1.165) is 19.3 Å². The molecule has 0 aromatic carbocycles. The van der Waals surface area contributed by atoms with Crippen molar-refractivity contribution in [3.63, 3.8) is 0 Å². The van der Waals surface area contributed by atoms with Gasteiger partial charge in [0.15, 0.2) is 0 Å². The Morgan fingerprint density at radius 1 is 1.33 bits per heavy atom. The van der Waals surface area contributed by atoms with Crippen LogP contribution in [0.5, 0.6) is 0 Å². The second kappa shape index (κ2) is 9.57. The minimum absolute atomic E-state index is 0.0221. The lowest BCUT2D eigenvalue weighted by atomic mass is 9.98. The van der Waals surface area contributed by atoms with Crippen molar-refractivity contribution in [2.75, 3.05) is 40.0 Å². The molecule has 7 heteroatoms. The molecule has 1 aliphatic heterocycles. The summed E-state index contributed by atoms with van der Waals surface area (Å²) in [5.41, 5.74) is 0. The first-order valence-corrected chi connectivity index (χ1v) is 7.47. The van der Waals surface area contributed by atoms with E-state index in [9.17, 15) is 9.59 Å². The highest BCUT2D eigenvalue weighted by atomic mass is 16.5. The number of ether oxygens (including phenoxy) is 1. The zero-order valence-corrected chi connectivity index (χ0v) is 12.7. The molecular weight excluding hydrogens is 276 g/mol. The number of carboxylic acid groups (broad SMARTS) is 1. The molecular formula is C14H26N2O5. The molecule has 1 fully saturated rings. The van der Waals surface area contributed by atoms with Gasteiger partial charge in [0.2, 0.25) is 0 Å². The summed E-state index contributed by atoms with van der Waals surface area (Å²) in [4.78, 5) is 26.7. The number of piperidine rings is 1. The maximum absolute atomic E-state index is 12.6. The van der Waals surface area contributed by atoms with Crippen molar-refractivity contribution in [3.05, 3.63) is 0 Å². The van der Waals surface area contributed by atoms with Gasteiger partial charge in [0.25, 0.3) is 0 Å². The Kier molecular flexibility index (Phi) is 8.07. The number of methoxy groups -OCH3 is 1. The molecule has 2 amide bonds. The van der Waals surface area contributed by atoms with Crippen LogP contribution in [0.15, 0.2) is 0 Å². The Bertz CT molecular complexity index is 337. The number of aliphatic hydroxyl groups excluding tert-OH is 1. The van der Waals surface area contributed by atoms with Crippen LogP contribution in [0.4, 0.5) is 4.79 Å². The van der Waals surface area contributed by atoms with Gasteiger partial charge in [-0.1, -0.05) is 0 Å². The summed E-state index contributed by atoms with van der Waals surface area (Å²) in [6.07, 6.45) is 3.36. The number of carboxylic acids is 1. The number of carbonyl (C=O) groups is 2. The monoisotopic (exact) mass is 302 g/mol. The molecule has 1 aliphatic rings. The lowest BCUT2D eigenvalue weighted by Crippen LogP contribution is -2.51. The smallest absolute Gasteiger partial charge is 0.320 e. The topological polar surface area (TPSA) is 90.3 Å². The largest absolute Gasteiger partial charge is 0.481 e. The van der Waals surface area contributed by atoms with E-state index in [1.54, 1.807) is 16.9 Å². The molecule has 21 heavy (non-hydrogen) atoms. The van der Waals surface area contributed by atoms with E-state index in [4.69, 9.17) is 14.9 Å². The lowest BCUT2D eigenvalue weighted by molar-refractivity contribution is -0.137. The quantitative estimate of drug-likeness (QED) is 0.691. The summed E-state index contributed by atoms with van der Waals surface area (Å²) in [5.74, 6) is -0.834. The summed E-state index contributed by atoms with van der Waals surface area (Å²) < 4.78 is 4.99. The van der Waals surface area contributed by atoms with Gasteiger partial charge in [-0.25, -0.2) is 4.79 Å². The zero-order valence-electron chi connectivity index (χ0n) is 12.7. The van der Waals surface area contributed by atoms with E-state index < -0.39 is 5.97 Å². The van der Waals surface area contributed by atoms with E-state index in [0.29, 0.717) is 26.1 Å². The third-order valence-electron chi connectivity index (χ3n) is 3.77. The van der Waals surface area contributed by atoms with Gasteiger partial charge in [0.1, 0.15) is 0 Å². The van der Waals surface area contributed by atoms with Crippen molar-refractivity contribution in [1.29, 1.82) is 0 Å². The second-order valence-corrected chi connectivity index (χ2v) is 5.26. The molecule has 7 nitrogen and oxygen atoms in total. The number of aliphatic hydroxyl groups is 1. The van der Waals surface area contributed by atoms with Crippen LogP contribution in [0, 0.1) is 0 Å². The Labute approximate surface area is 125 Å². The number of urea groups is 1. The molecule has 122 valence electrons. The number of hydrogen-bond acceptors (Lipinski definition) is 4. The van der Waals surface area contributed by atoms with E-state index in [1.165, 1.54) is 0 Å². The lowest BCUT2D eigenvalue weighted by Gasteiger charge is -2.39. The molecule has 0 bridgehead atoms. The summed E-state index contributed by atoms with van der Waals surface area (Å²) in [6, 6.07) is -0.151. The van der Waals surface area contributed by atoms with Crippen molar-refractivity contribution in [2.24, 2.45) is 0 Å². The zero-order chi connectivity index (χ0) is 15.7. The number of nitrogens with zero attached hydrogens (tertiary/aromatic N) is 2. The number of carbonyl (C=O) groups excluding carboxylic acids is 1. The van der Waals surface area contributed by atoms with Crippen molar-refractivity contribution in [3.8, 4) is 0 Å². The van der Waals surface area contributed by atoms with Gasteiger partial charge in [0, 0.05) is 39.2 Å². The molecule has 1 saturated heterocycles. The third kappa shape index (κ3) is 5.89. The minimum atomic E-state index is -0.834. The number of amides is 2. The Morgan fingerprint density at radius 2 is 2.10 bits per heavy atom. The fourth-order valence-corrected chi connectivity index (χ4v) is 2.65. The predicted octanol–water partition coefficient (Wildman–Crippen LogP) is 0.766. The predicted molar refractivity (Wildman–Crippen MR) is 77.1 cm³/mol. The Balaban J connectivity index is 2.66.